The highest BCUT2D eigenvalue weighted by Gasteiger charge is 2.35. The molecule has 0 aliphatic carbocycles. The second-order valence-electron chi connectivity index (χ2n) is 9.65. The lowest BCUT2D eigenvalue weighted by molar-refractivity contribution is -0.153. The van der Waals surface area contributed by atoms with Crippen LogP contribution in [0, 0.1) is 6.92 Å². The van der Waals surface area contributed by atoms with Crippen LogP contribution < -0.4 is 10.1 Å². The molecule has 2 rings (SSSR count). The van der Waals surface area contributed by atoms with Gasteiger partial charge in [-0.25, -0.2) is 18.2 Å². The molecule has 15 heteroatoms. The Labute approximate surface area is 238 Å². The van der Waals surface area contributed by atoms with Gasteiger partial charge in [0.15, 0.2) is 18.1 Å². The number of hydrogen-bond acceptors (Lipinski definition) is 9. The second-order valence-corrected chi connectivity index (χ2v) is 12.2. The maximum absolute atomic E-state index is 11.8. The predicted molar refractivity (Wildman–Crippen MR) is 144 cm³/mol. The van der Waals surface area contributed by atoms with Crippen molar-refractivity contribution in [3.63, 3.8) is 0 Å². The molecule has 2 N–H and O–H groups in total. The van der Waals surface area contributed by atoms with E-state index in [1.807, 2.05) is 6.92 Å². The van der Waals surface area contributed by atoms with Gasteiger partial charge in [-0.2, -0.15) is 18.2 Å². The summed E-state index contributed by atoms with van der Waals surface area (Å²) >= 11 is 5.48. The smallest absolute Gasteiger partial charge is 0.422 e. The lowest BCUT2D eigenvalue weighted by Gasteiger charge is -2.26. The molecule has 40 heavy (non-hydrogen) atoms. The van der Waals surface area contributed by atoms with Crippen molar-refractivity contribution < 1.29 is 40.8 Å². The van der Waals surface area contributed by atoms with E-state index in [0.29, 0.717) is 11.7 Å². The van der Waals surface area contributed by atoms with E-state index in [0.717, 1.165) is 31.6 Å². The summed E-state index contributed by atoms with van der Waals surface area (Å²) in [4.78, 5) is 18.1. The van der Waals surface area contributed by atoms with Gasteiger partial charge in [0.25, 0.3) is 0 Å². The van der Waals surface area contributed by atoms with Crippen molar-refractivity contribution in [3.8, 4) is 5.75 Å². The number of sulfone groups is 1. The first kappa shape index (κ1) is 35.6. The molecule has 0 saturated heterocycles. The molecular weight excluding hydrogens is 577 g/mol. The molecule has 0 aliphatic heterocycles. The number of alkyl halides is 3. The van der Waals surface area contributed by atoms with Crippen LogP contribution in [0.4, 0.5) is 13.2 Å². The van der Waals surface area contributed by atoms with Gasteiger partial charge in [0.05, 0.1) is 17.5 Å². The van der Waals surface area contributed by atoms with E-state index in [1.165, 1.54) is 44.8 Å². The summed E-state index contributed by atoms with van der Waals surface area (Å²) < 4.78 is 68.4. The number of nitrogens with zero attached hydrogens (tertiary/aromatic N) is 3. The Hall–Kier alpha value is -2.45. The van der Waals surface area contributed by atoms with Gasteiger partial charge in [0, 0.05) is 19.2 Å². The number of aromatic nitrogens is 3. The Bertz CT molecular complexity index is 1160. The SMILES string of the molecule is CCCCCCCCCCNC(C)(CS(C)(=O)=O)c1noc(C)n1.O=C(O)c1cc(OCC(F)(F)F)c(Cl)cn1. The average Bonchev–Trinajstić information content (AvgIpc) is 3.28. The highest BCUT2D eigenvalue weighted by molar-refractivity contribution is 7.90. The molecule has 2 heterocycles. The lowest BCUT2D eigenvalue weighted by Crippen LogP contribution is -2.46. The number of nitrogens with one attached hydrogen (secondary N) is 1. The fraction of sp³-hybridized carbons (Fsp3) is 0.680. The zero-order valence-corrected chi connectivity index (χ0v) is 24.8. The van der Waals surface area contributed by atoms with E-state index in [2.05, 4.69) is 32.1 Å². The Balaban J connectivity index is 0.000000433. The fourth-order valence-electron chi connectivity index (χ4n) is 3.67. The van der Waals surface area contributed by atoms with Crippen LogP contribution in [0.25, 0.3) is 0 Å². The van der Waals surface area contributed by atoms with Crippen LogP contribution in [0.3, 0.4) is 0 Å². The molecule has 0 bridgehead atoms. The molecule has 0 spiro atoms. The molecule has 228 valence electrons. The van der Waals surface area contributed by atoms with Crippen LogP contribution in [0.2, 0.25) is 5.02 Å². The van der Waals surface area contributed by atoms with Crippen molar-refractivity contribution in [2.45, 2.75) is 83.9 Å². The fourth-order valence-corrected chi connectivity index (χ4v) is 5.11. The van der Waals surface area contributed by atoms with Crippen molar-refractivity contribution in [1.82, 2.24) is 20.4 Å². The van der Waals surface area contributed by atoms with E-state index in [-0.39, 0.29) is 16.5 Å². The van der Waals surface area contributed by atoms with E-state index < -0.39 is 39.8 Å². The van der Waals surface area contributed by atoms with Crippen LogP contribution >= 0.6 is 11.6 Å². The predicted octanol–water partition coefficient (Wildman–Crippen LogP) is 5.74. The normalized spacial score (nSPS) is 13.3. The van der Waals surface area contributed by atoms with Crippen molar-refractivity contribution in [3.05, 3.63) is 34.7 Å². The molecule has 0 fully saturated rings. The zero-order valence-electron chi connectivity index (χ0n) is 23.2. The third kappa shape index (κ3) is 14.8. The molecule has 1 unspecified atom stereocenters. The molecular formula is C25H38ClF3N4O6S. The summed E-state index contributed by atoms with van der Waals surface area (Å²) in [7, 11) is -3.17. The summed E-state index contributed by atoms with van der Waals surface area (Å²) in [5, 5.41) is 15.6. The van der Waals surface area contributed by atoms with Gasteiger partial charge in [0.2, 0.25) is 5.89 Å². The number of ether oxygens (including phenoxy) is 1. The number of carbonyl (C=O) groups is 1. The third-order valence-electron chi connectivity index (χ3n) is 5.55. The second kappa shape index (κ2) is 16.7. The minimum Gasteiger partial charge on any atom is -0.482 e. The first-order valence-corrected chi connectivity index (χ1v) is 15.3. The highest BCUT2D eigenvalue weighted by atomic mass is 35.5. The van der Waals surface area contributed by atoms with E-state index >= 15 is 0 Å². The third-order valence-corrected chi connectivity index (χ3v) is 6.93. The minimum absolute atomic E-state index is 0.0456. The van der Waals surface area contributed by atoms with Crippen molar-refractivity contribution in [2.75, 3.05) is 25.2 Å². The minimum atomic E-state index is -4.52. The van der Waals surface area contributed by atoms with Crippen LogP contribution in [0.1, 0.15) is 87.4 Å². The van der Waals surface area contributed by atoms with Crippen LogP contribution in [-0.4, -0.2) is 66.0 Å². The summed E-state index contributed by atoms with van der Waals surface area (Å²) in [6.07, 6.45) is 7.56. The van der Waals surface area contributed by atoms with Gasteiger partial charge < -0.3 is 19.7 Å². The zero-order chi connectivity index (χ0) is 30.4. The standard InChI is InChI=1S/C17H33N3O3S.C8H5ClF3NO3/c1-5-6-7-8-9-10-11-12-13-18-17(3,14-24(4,21)22)16-19-15(2)23-20-16;9-4-2-13-5(7(14)15)1-6(4)16-3-8(10,11)12/h18H,5-14H2,1-4H3;1-2H,3H2,(H,14,15). The summed E-state index contributed by atoms with van der Waals surface area (Å²) in [5.74, 6) is -0.945. The van der Waals surface area contributed by atoms with Crippen LogP contribution in [0.15, 0.2) is 16.8 Å². The Morgan fingerprint density at radius 3 is 2.25 bits per heavy atom. The number of pyridine rings is 1. The van der Waals surface area contributed by atoms with Crippen molar-refractivity contribution in [1.29, 1.82) is 0 Å². The number of unbranched alkanes of at least 4 members (excludes halogenated alkanes) is 7. The van der Waals surface area contributed by atoms with Crippen molar-refractivity contribution in [2.24, 2.45) is 0 Å². The maximum Gasteiger partial charge on any atom is 0.422 e. The van der Waals surface area contributed by atoms with Gasteiger partial charge in [-0.1, -0.05) is 68.6 Å². The molecule has 0 radical (unpaired) electrons. The van der Waals surface area contributed by atoms with Crippen molar-refractivity contribution >= 4 is 27.4 Å². The first-order valence-electron chi connectivity index (χ1n) is 12.9. The largest absolute Gasteiger partial charge is 0.482 e. The monoisotopic (exact) mass is 614 g/mol. The summed E-state index contributed by atoms with van der Waals surface area (Å²) in [5.41, 5.74) is -1.26. The van der Waals surface area contributed by atoms with Gasteiger partial charge in [0.1, 0.15) is 20.6 Å². The Kier molecular flexibility index (Phi) is 14.9. The number of hydrogen-bond donors (Lipinski definition) is 2. The summed E-state index contributed by atoms with van der Waals surface area (Å²) in [6.45, 7) is 4.95. The number of halogens is 4. The quantitative estimate of drug-likeness (QED) is 0.224. The number of aryl methyl sites for hydroxylation is 1. The highest BCUT2D eigenvalue weighted by Crippen LogP contribution is 2.26. The molecule has 0 saturated carbocycles. The number of carboxylic acids is 1. The first-order chi connectivity index (χ1) is 18.6. The molecule has 2 aromatic heterocycles. The lowest BCUT2D eigenvalue weighted by atomic mass is 10.0. The molecule has 2 aromatic rings. The van der Waals surface area contributed by atoms with E-state index in [9.17, 15) is 26.4 Å². The van der Waals surface area contributed by atoms with E-state index in [4.69, 9.17) is 21.2 Å². The van der Waals surface area contributed by atoms with Gasteiger partial charge in [-0.15, -0.1) is 0 Å². The summed E-state index contributed by atoms with van der Waals surface area (Å²) in [6, 6.07) is 0.830. The number of carboxylic acid groups (broad SMARTS) is 1. The van der Waals surface area contributed by atoms with Crippen LogP contribution in [0.5, 0.6) is 5.75 Å². The van der Waals surface area contributed by atoms with Gasteiger partial charge in [-0.3, -0.25) is 0 Å². The Morgan fingerprint density at radius 1 is 1.15 bits per heavy atom. The molecule has 1 atom stereocenters. The van der Waals surface area contributed by atoms with Crippen LogP contribution in [-0.2, 0) is 15.4 Å². The van der Waals surface area contributed by atoms with Gasteiger partial charge in [-0.05, 0) is 19.9 Å². The van der Waals surface area contributed by atoms with Gasteiger partial charge >= 0.3 is 12.1 Å². The molecule has 0 amide bonds. The number of rotatable bonds is 16. The molecule has 10 nitrogen and oxygen atoms in total. The molecule has 0 aliphatic rings. The van der Waals surface area contributed by atoms with E-state index in [1.54, 1.807) is 6.92 Å². The number of aromatic carboxylic acids is 1. The maximum atomic E-state index is 11.8. The average molecular weight is 615 g/mol. The topological polar surface area (TPSA) is 145 Å². The molecule has 0 aromatic carbocycles. The Morgan fingerprint density at radius 2 is 1.75 bits per heavy atom.